The lowest BCUT2D eigenvalue weighted by molar-refractivity contribution is 0.1000. The molecule has 1 amide bonds. The Morgan fingerprint density at radius 2 is 2.00 bits per heavy atom. The van der Waals surface area contributed by atoms with E-state index in [4.69, 9.17) is 5.73 Å². The minimum Gasteiger partial charge on any atom is -0.366 e. The minimum atomic E-state index is -0.425. The highest BCUT2D eigenvalue weighted by molar-refractivity contribution is 5.94. The van der Waals surface area contributed by atoms with E-state index in [1.165, 1.54) is 0 Å². The zero-order chi connectivity index (χ0) is 7.56. The zero-order valence-electron chi connectivity index (χ0n) is 5.50. The van der Waals surface area contributed by atoms with Gasteiger partial charge in [-0.3, -0.25) is 4.79 Å². The van der Waals surface area contributed by atoms with E-state index >= 15 is 0 Å². The van der Waals surface area contributed by atoms with Crippen LogP contribution in [-0.2, 0) is 0 Å². The lowest BCUT2D eigenvalue weighted by atomic mass is 10.1. The fraction of sp³-hybridized carbons (Fsp3) is 0. The molecular weight excluding hydrogens is 126 g/mol. The summed E-state index contributed by atoms with van der Waals surface area (Å²) in [6, 6.07) is 6.98. The van der Waals surface area contributed by atoms with E-state index in [1.54, 1.807) is 18.2 Å². The smallest absolute Gasteiger partial charge is 0.248 e. The fourth-order valence-electron chi connectivity index (χ4n) is 0.761. The Labute approximate surface area is 59.7 Å². The minimum absolute atomic E-state index is 0.425. The van der Waals surface area contributed by atoms with Crippen LogP contribution in [0.15, 0.2) is 24.3 Å². The van der Waals surface area contributed by atoms with Crippen LogP contribution in [0.25, 0.3) is 0 Å². The highest BCUT2D eigenvalue weighted by Gasteiger charge is 2.00. The topological polar surface area (TPSA) is 43.1 Å². The summed E-state index contributed by atoms with van der Waals surface area (Å²) in [5.41, 5.74) is 6.20. The van der Waals surface area contributed by atoms with Crippen molar-refractivity contribution < 1.29 is 4.79 Å². The standard InChI is InChI=1S/C8H8NO/c1-6-4-2-3-5-7(6)8(9)10/h2-5H,1H2,(H2,9,10). The molecule has 2 N–H and O–H groups in total. The van der Waals surface area contributed by atoms with E-state index in [0.29, 0.717) is 11.1 Å². The Balaban J connectivity index is 3.15. The summed E-state index contributed by atoms with van der Waals surface area (Å²) in [6.07, 6.45) is 0. The van der Waals surface area contributed by atoms with E-state index in [1.807, 2.05) is 6.07 Å². The van der Waals surface area contributed by atoms with Crippen LogP contribution in [0.5, 0.6) is 0 Å². The predicted molar refractivity (Wildman–Crippen MR) is 39.4 cm³/mol. The van der Waals surface area contributed by atoms with Gasteiger partial charge in [-0.15, -0.1) is 0 Å². The Hall–Kier alpha value is -1.31. The van der Waals surface area contributed by atoms with Crippen molar-refractivity contribution in [2.75, 3.05) is 0 Å². The number of carbonyl (C=O) groups excluding carboxylic acids is 1. The van der Waals surface area contributed by atoms with E-state index in [2.05, 4.69) is 6.92 Å². The number of hydrogen-bond acceptors (Lipinski definition) is 1. The molecule has 0 aliphatic carbocycles. The third kappa shape index (κ3) is 1.16. The van der Waals surface area contributed by atoms with Crippen molar-refractivity contribution in [3.63, 3.8) is 0 Å². The maximum atomic E-state index is 10.6. The van der Waals surface area contributed by atoms with Gasteiger partial charge in [-0.25, -0.2) is 0 Å². The second-order valence-electron chi connectivity index (χ2n) is 2.02. The Morgan fingerprint density at radius 1 is 1.40 bits per heavy atom. The number of benzene rings is 1. The van der Waals surface area contributed by atoms with Crippen molar-refractivity contribution in [2.45, 2.75) is 0 Å². The van der Waals surface area contributed by atoms with Gasteiger partial charge in [-0.1, -0.05) is 18.2 Å². The van der Waals surface area contributed by atoms with Crippen molar-refractivity contribution in [3.05, 3.63) is 42.3 Å². The molecule has 1 rings (SSSR count). The van der Waals surface area contributed by atoms with Gasteiger partial charge in [0.25, 0.3) is 0 Å². The molecule has 10 heavy (non-hydrogen) atoms. The largest absolute Gasteiger partial charge is 0.366 e. The van der Waals surface area contributed by atoms with E-state index in [0.717, 1.165) is 0 Å². The Morgan fingerprint density at radius 3 is 2.40 bits per heavy atom. The third-order valence-corrected chi connectivity index (χ3v) is 1.28. The molecule has 0 aliphatic rings. The van der Waals surface area contributed by atoms with Gasteiger partial charge in [0, 0.05) is 5.56 Å². The molecule has 0 bridgehead atoms. The van der Waals surface area contributed by atoms with Crippen molar-refractivity contribution in [3.8, 4) is 0 Å². The van der Waals surface area contributed by atoms with Gasteiger partial charge in [0.05, 0.1) is 0 Å². The number of primary amides is 1. The maximum Gasteiger partial charge on any atom is 0.248 e. The molecule has 0 saturated carbocycles. The highest BCUT2D eigenvalue weighted by Crippen LogP contribution is 2.04. The van der Waals surface area contributed by atoms with Gasteiger partial charge < -0.3 is 5.73 Å². The number of amides is 1. The number of nitrogens with two attached hydrogens (primary N) is 1. The van der Waals surface area contributed by atoms with Gasteiger partial charge in [0.2, 0.25) is 5.91 Å². The van der Waals surface area contributed by atoms with Gasteiger partial charge in [0.15, 0.2) is 0 Å². The van der Waals surface area contributed by atoms with Crippen LogP contribution in [0, 0.1) is 6.92 Å². The third-order valence-electron chi connectivity index (χ3n) is 1.28. The lowest BCUT2D eigenvalue weighted by Crippen LogP contribution is -2.12. The van der Waals surface area contributed by atoms with Gasteiger partial charge >= 0.3 is 0 Å². The maximum absolute atomic E-state index is 10.6. The normalized spacial score (nSPS) is 9.30. The predicted octanol–water partition coefficient (Wildman–Crippen LogP) is 0.968. The van der Waals surface area contributed by atoms with Crippen LogP contribution in [0.4, 0.5) is 0 Å². The average Bonchev–Trinajstić information content (AvgIpc) is 1.88. The summed E-state index contributed by atoms with van der Waals surface area (Å²) < 4.78 is 0. The van der Waals surface area contributed by atoms with Gasteiger partial charge in [-0.2, -0.15) is 0 Å². The molecule has 0 atom stereocenters. The molecule has 0 spiro atoms. The molecule has 2 heteroatoms. The number of hydrogen-bond donors (Lipinski definition) is 1. The summed E-state index contributed by atoms with van der Waals surface area (Å²) in [6.45, 7) is 3.64. The molecule has 0 unspecified atom stereocenters. The summed E-state index contributed by atoms with van der Waals surface area (Å²) in [4.78, 5) is 10.6. The monoisotopic (exact) mass is 134 g/mol. The fourth-order valence-corrected chi connectivity index (χ4v) is 0.761. The summed E-state index contributed by atoms with van der Waals surface area (Å²) in [7, 11) is 0. The van der Waals surface area contributed by atoms with Crippen LogP contribution in [0.1, 0.15) is 15.9 Å². The molecule has 2 nitrogen and oxygen atoms in total. The molecule has 0 heterocycles. The summed E-state index contributed by atoms with van der Waals surface area (Å²) in [5.74, 6) is -0.425. The Kier molecular flexibility index (Phi) is 1.71. The molecule has 1 aromatic rings. The molecular formula is C8H8NO. The molecule has 1 radical (unpaired) electrons. The average molecular weight is 134 g/mol. The molecule has 0 aliphatic heterocycles. The molecule has 51 valence electrons. The molecule has 0 saturated heterocycles. The first kappa shape index (κ1) is 6.81. The summed E-state index contributed by atoms with van der Waals surface area (Å²) in [5, 5.41) is 0. The molecule has 0 fully saturated rings. The van der Waals surface area contributed by atoms with Crippen molar-refractivity contribution >= 4 is 5.91 Å². The van der Waals surface area contributed by atoms with Crippen LogP contribution >= 0.6 is 0 Å². The van der Waals surface area contributed by atoms with Crippen LogP contribution in [0.2, 0.25) is 0 Å². The number of carbonyl (C=O) groups is 1. The van der Waals surface area contributed by atoms with Crippen molar-refractivity contribution in [1.29, 1.82) is 0 Å². The van der Waals surface area contributed by atoms with Crippen LogP contribution in [0.3, 0.4) is 0 Å². The summed E-state index contributed by atoms with van der Waals surface area (Å²) >= 11 is 0. The quantitative estimate of drug-likeness (QED) is 0.611. The molecule has 1 aromatic carbocycles. The van der Waals surface area contributed by atoms with E-state index < -0.39 is 5.91 Å². The van der Waals surface area contributed by atoms with E-state index in [9.17, 15) is 4.79 Å². The second kappa shape index (κ2) is 2.52. The van der Waals surface area contributed by atoms with Crippen LogP contribution in [-0.4, -0.2) is 5.91 Å². The first-order valence-electron chi connectivity index (χ1n) is 2.92. The molecule has 0 aromatic heterocycles. The van der Waals surface area contributed by atoms with E-state index in [-0.39, 0.29) is 0 Å². The zero-order valence-corrected chi connectivity index (χ0v) is 5.50. The van der Waals surface area contributed by atoms with Crippen molar-refractivity contribution in [2.24, 2.45) is 5.73 Å². The first-order chi connectivity index (χ1) is 4.72. The lowest BCUT2D eigenvalue weighted by Gasteiger charge is -1.97. The first-order valence-corrected chi connectivity index (χ1v) is 2.92. The van der Waals surface area contributed by atoms with Gasteiger partial charge in [-0.05, 0) is 18.6 Å². The van der Waals surface area contributed by atoms with Crippen molar-refractivity contribution in [1.82, 2.24) is 0 Å². The second-order valence-corrected chi connectivity index (χ2v) is 2.02. The highest BCUT2D eigenvalue weighted by atomic mass is 16.1. The number of rotatable bonds is 1. The van der Waals surface area contributed by atoms with Gasteiger partial charge in [0.1, 0.15) is 0 Å². The SMILES string of the molecule is [CH2]c1ccccc1C(N)=O. The Bertz CT molecular complexity index is 255. The van der Waals surface area contributed by atoms with Crippen LogP contribution < -0.4 is 5.73 Å².